The number of nitrogens with one attached hydrogen (secondary N) is 1. The topological polar surface area (TPSA) is 93.5 Å². The molecule has 0 aliphatic carbocycles. The van der Waals surface area contributed by atoms with Crippen LogP contribution >= 0.6 is 0 Å². The highest BCUT2D eigenvalue weighted by Gasteiger charge is 2.31. The Morgan fingerprint density at radius 2 is 1.79 bits per heavy atom. The molecule has 0 bridgehead atoms. The molecule has 1 N–H and O–H groups in total. The first-order valence-corrected chi connectivity index (χ1v) is 9.50. The van der Waals surface area contributed by atoms with Gasteiger partial charge in [0.25, 0.3) is 5.91 Å². The van der Waals surface area contributed by atoms with Crippen molar-refractivity contribution in [3.63, 3.8) is 0 Å². The van der Waals surface area contributed by atoms with Gasteiger partial charge in [0.1, 0.15) is 5.60 Å². The van der Waals surface area contributed by atoms with Crippen molar-refractivity contribution in [2.24, 2.45) is 7.05 Å². The van der Waals surface area contributed by atoms with Crippen LogP contribution < -0.4 is 5.32 Å². The van der Waals surface area contributed by atoms with Crippen LogP contribution in [0, 0.1) is 0 Å². The molecule has 2 amide bonds. The monoisotopic (exact) mass is 398 g/mol. The predicted octanol–water partition coefficient (Wildman–Crippen LogP) is 3.17. The van der Waals surface area contributed by atoms with Gasteiger partial charge in [-0.1, -0.05) is 0 Å². The molecule has 3 rings (SSSR count). The second kappa shape index (κ2) is 7.69. The first-order valence-electron chi connectivity index (χ1n) is 9.50. The molecule has 1 aromatic heterocycles. The van der Waals surface area contributed by atoms with E-state index in [9.17, 15) is 14.4 Å². The lowest BCUT2D eigenvalue weighted by Crippen LogP contribution is -2.40. The number of hydrogen-bond acceptors (Lipinski definition) is 5. The van der Waals surface area contributed by atoms with Crippen molar-refractivity contribution in [2.75, 3.05) is 11.9 Å². The molecule has 8 nitrogen and oxygen atoms in total. The summed E-state index contributed by atoms with van der Waals surface area (Å²) in [4.78, 5) is 38.3. The molecule has 0 spiro atoms. The van der Waals surface area contributed by atoms with E-state index in [1.54, 1.807) is 40.9 Å². The predicted molar refractivity (Wildman–Crippen MR) is 108 cm³/mol. The Hall–Kier alpha value is -3.16. The van der Waals surface area contributed by atoms with Gasteiger partial charge in [-0.05, 0) is 52.0 Å². The fourth-order valence-corrected chi connectivity index (χ4v) is 3.24. The maximum absolute atomic E-state index is 12.8. The van der Waals surface area contributed by atoms with Crippen LogP contribution in [-0.4, -0.2) is 44.6 Å². The zero-order valence-corrected chi connectivity index (χ0v) is 17.4. The molecule has 1 aromatic carbocycles. The van der Waals surface area contributed by atoms with Gasteiger partial charge in [-0.2, -0.15) is 5.10 Å². The van der Waals surface area contributed by atoms with Gasteiger partial charge in [0.15, 0.2) is 11.5 Å². The third-order valence-electron chi connectivity index (χ3n) is 4.66. The maximum Gasteiger partial charge on any atom is 0.410 e. The molecule has 0 fully saturated rings. The number of anilines is 1. The molecule has 0 radical (unpaired) electrons. The van der Waals surface area contributed by atoms with Crippen molar-refractivity contribution in [1.29, 1.82) is 0 Å². The normalized spacial score (nSPS) is 13.6. The second-order valence-electron chi connectivity index (χ2n) is 8.14. The SMILES string of the molecule is CC(=O)c1ccc(NC(=O)c2nn(C)c3c2CN(C(=O)OC(C)(C)C)CC3)cc1. The summed E-state index contributed by atoms with van der Waals surface area (Å²) in [5.74, 6) is -0.396. The minimum atomic E-state index is -0.585. The van der Waals surface area contributed by atoms with E-state index in [1.165, 1.54) is 6.92 Å². The average molecular weight is 398 g/mol. The summed E-state index contributed by atoms with van der Waals surface area (Å²) in [6, 6.07) is 6.68. The van der Waals surface area contributed by atoms with Crippen LogP contribution in [0.15, 0.2) is 24.3 Å². The molecule has 2 aromatic rings. The molecule has 1 aliphatic rings. The molecule has 0 saturated heterocycles. The largest absolute Gasteiger partial charge is 0.444 e. The number of rotatable bonds is 3. The Morgan fingerprint density at radius 1 is 1.14 bits per heavy atom. The lowest BCUT2D eigenvalue weighted by Gasteiger charge is -2.30. The van der Waals surface area contributed by atoms with Gasteiger partial charge in [-0.3, -0.25) is 14.3 Å². The number of Topliss-reactive ketones (excluding diaryl/α,β-unsaturated/α-hetero) is 1. The summed E-state index contributed by atoms with van der Waals surface area (Å²) >= 11 is 0. The number of amides is 2. The van der Waals surface area contributed by atoms with Gasteiger partial charge in [0.2, 0.25) is 0 Å². The number of hydrogen-bond donors (Lipinski definition) is 1. The van der Waals surface area contributed by atoms with E-state index in [0.29, 0.717) is 24.2 Å². The highest BCUT2D eigenvalue weighted by molar-refractivity contribution is 6.04. The third-order valence-corrected chi connectivity index (χ3v) is 4.66. The van der Waals surface area contributed by atoms with Gasteiger partial charge >= 0.3 is 6.09 Å². The Morgan fingerprint density at radius 3 is 2.38 bits per heavy atom. The lowest BCUT2D eigenvalue weighted by molar-refractivity contribution is 0.0221. The summed E-state index contributed by atoms with van der Waals surface area (Å²) in [6.07, 6.45) is 0.191. The standard InChI is InChI=1S/C21H26N4O4/c1-13(26)14-6-8-15(9-7-14)22-19(27)18-16-12-25(20(28)29-21(2,3)4)11-10-17(16)24(5)23-18/h6-9H,10-12H2,1-5H3,(H,22,27). The maximum atomic E-state index is 12.8. The van der Waals surface area contributed by atoms with Crippen molar-refractivity contribution in [2.45, 2.75) is 46.3 Å². The molecular weight excluding hydrogens is 372 g/mol. The summed E-state index contributed by atoms with van der Waals surface area (Å²) in [5.41, 5.74) is 2.50. The Labute approximate surface area is 169 Å². The van der Waals surface area contributed by atoms with Gasteiger partial charge < -0.3 is 15.0 Å². The van der Waals surface area contributed by atoms with Gasteiger partial charge in [-0.15, -0.1) is 0 Å². The van der Waals surface area contributed by atoms with E-state index in [-0.39, 0.29) is 23.9 Å². The number of benzene rings is 1. The summed E-state index contributed by atoms with van der Waals surface area (Å²) in [7, 11) is 1.79. The molecule has 1 aliphatic heterocycles. The first-order chi connectivity index (χ1) is 13.5. The number of carbonyl (C=O) groups is 3. The molecule has 154 valence electrons. The van der Waals surface area contributed by atoms with Gasteiger partial charge in [0, 0.05) is 42.5 Å². The summed E-state index contributed by atoms with van der Waals surface area (Å²) < 4.78 is 7.15. The van der Waals surface area contributed by atoms with Crippen LogP contribution in [0.3, 0.4) is 0 Å². The van der Waals surface area contributed by atoms with Crippen LogP contribution in [0.4, 0.5) is 10.5 Å². The average Bonchev–Trinajstić information content (AvgIpc) is 2.97. The Kier molecular flexibility index (Phi) is 5.46. The smallest absolute Gasteiger partial charge is 0.410 e. The molecule has 2 heterocycles. The van der Waals surface area contributed by atoms with Crippen molar-refractivity contribution in [1.82, 2.24) is 14.7 Å². The molecular formula is C21H26N4O4. The van der Waals surface area contributed by atoms with E-state index >= 15 is 0 Å². The van der Waals surface area contributed by atoms with Crippen LogP contribution in [-0.2, 0) is 24.8 Å². The number of aryl methyl sites for hydroxylation is 1. The highest BCUT2D eigenvalue weighted by atomic mass is 16.6. The summed E-state index contributed by atoms with van der Waals surface area (Å²) in [5, 5.41) is 7.18. The van der Waals surface area contributed by atoms with Crippen molar-refractivity contribution < 1.29 is 19.1 Å². The fraction of sp³-hybridized carbons (Fsp3) is 0.429. The molecule has 0 saturated carbocycles. The number of carbonyl (C=O) groups excluding carboxylic acids is 3. The zero-order chi connectivity index (χ0) is 21.3. The van der Waals surface area contributed by atoms with E-state index in [4.69, 9.17) is 4.74 Å². The molecule has 29 heavy (non-hydrogen) atoms. The van der Waals surface area contributed by atoms with E-state index in [0.717, 1.165) is 11.3 Å². The fourth-order valence-electron chi connectivity index (χ4n) is 3.24. The van der Waals surface area contributed by atoms with E-state index < -0.39 is 11.7 Å². The van der Waals surface area contributed by atoms with Crippen molar-refractivity contribution in [3.8, 4) is 0 Å². The minimum Gasteiger partial charge on any atom is -0.444 e. The van der Waals surface area contributed by atoms with E-state index in [1.807, 2.05) is 20.8 Å². The first kappa shape index (κ1) is 20.6. The van der Waals surface area contributed by atoms with Crippen LogP contribution in [0.5, 0.6) is 0 Å². The number of ether oxygens (including phenoxy) is 1. The van der Waals surface area contributed by atoms with Crippen LogP contribution in [0.2, 0.25) is 0 Å². The molecule has 0 atom stereocenters. The quantitative estimate of drug-likeness (QED) is 0.802. The number of ketones is 1. The minimum absolute atomic E-state index is 0.0380. The van der Waals surface area contributed by atoms with Gasteiger partial charge in [0.05, 0.1) is 6.54 Å². The van der Waals surface area contributed by atoms with Gasteiger partial charge in [-0.25, -0.2) is 4.79 Å². The molecule has 8 heteroatoms. The highest BCUT2D eigenvalue weighted by Crippen LogP contribution is 2.24. The molecule has 0 unspecified atom stereocenters. The van der Waals surface area contributed by atoms with Crippen molar-refractivity contribution in [3.05, 3.63) is 46.8 Å². The van der Waals surface area contributed by atoms with Crippen LogP contribution in [0.25, 0.3) is 0 Å². The number of nitrogens with zero attached hydrogens (tertiary/aromatic N) is 3. The lowest BCUT2D eigenvalue weighted by atomic mass is 10.0. The Bertz CT molecular complexity index is 954. The second-order valence-corrected chi connectivity index (χ2v) is 8.14. The van der Waals surface area contributed by atoms with E-state index in [2.05, 4.69) is 10.4 Å². The summed E-state index contributed by atoms with van der Waals surface area (Å²) in [6.45, 7) is 7.73. The number of aromatic nitrogens is 2. The third kappa shape index (κ3) is 4.64. The van der Waals surface area contributed by atoms with Crippen molar-refractivity contribution >= 4 is 23.5 Å². The Balaban J connectivity index is 1.79. The van der Waals surface area contributed by atoms with Crippen LogP contribution in [0.1, 0.15) is 59.8 Å². The number of fused-ring (bicyclic) bond motifs is 1. The zero-order valence-electron chi connectivity index (χ0n) is 17.4.